The van der Waals surface area contributed by atoms with Crippen LogP contribution >= 0.6 is 11.3 Å². The molecule has 27 heavy (non-hydrogen) atoms. The van der Waals surface area contributed by atoms with E-state index in [2.05, 4.69) is 40.6 Å². The molecule has 0 saturated heterocycles. The maximum absolute atomic E-state index is 12.1. The van der Waals surface area contributed by atoms with Crippen molar-refractivity contribution in [2.45, 2.75) is 19.3 Å². The van der Waals surface area contributed by atoms with Crippen molar-refractivity contribution in [3.63, 3.8) is 0 Å². The summed E-state index contributed by atoms with van der Waals surface area (Å²) in [5.41, 5.74) is 2.85. The van der Waals surface area contributed by atoms with Crippen LogP contribution in [0.5, 0.6) is 0 Å². The number of carboxylic acid groups (broad SMARTS) is 2. The van der Waals surface area contributed by atoms with Crippen LogP contribution in [0.3, 0.4) is 0 Å². The van der Waals surface area contributed by atoms with E-state index in [0.29, 0.717) is 5.13 Å². The Kier molecular flexibility index (Phi) is 5.83. The summed E-state index contributed by atoms with van der Waals surface area (Å²) in [6.07, 6.45) is 3.13. The van der Waals surface area contributed by atoms with Gasteiger partial charge in [-0.3, -0.25) is 10.1 Å². The van der Waals surface area contributed by atoms with Crippen molar-refractivity contribution >= 4 is 39.3 Å². The topological polar surface area (TPSA) is 99.5 Å². The van der Waals surface area contributed by atoms with E-state index in [-0.39, 0.29) is 5.91 Å². The Bertz CT molecular complexity index is 1010. The average molecular weight is 382 g/mol. The zero-order valence-corrected chi connectivity index (χ0v) is 15.2. The molecule has 4 rings (SSSR count). The minimum absolute atomic E-state index is 0.0121. The average Bonchev–Trinajstić information content (AvgIpc) is 3.33. The second kappa shape index (κ2) is 8.46. The number of aromatic nitrogens is 1. The number of hydrogen-bond donors (Lipinski definition) is 3. The highest BCUT2D eigenvalue weighted by Gasteiger charge is 2.15. The van der Waals surface area contributed by atoms with Crippen molar-refractivity contribution in [3.8, 4) is 11.3 Å². The normalized spacial score (nSPS) is 12.8. The van der Waals surface area contributed by atoms with E-state index in [1.165, 1.54) is 22.1 Å². The standard InChI is InChI=1S/C19H16N2OS.CH2O3/c22-18(14-6-2-3-7-14)21-19-20-17(12-23-19)16-10-9-13-5-1-4-8-15(13)11-16;2-1(3)4/h1,4-6,8-12H,2-3,7H2,(H,20,21,22);(H2,2,3,4). The molecule has 1 amide bonds. The lowest BCUT2D eigenvalue weighted by Gasteiger charge is -2.02. The molecule has 0 radical (unpaired) electrons. The number of anilines is 1. The van der Waals surface area contributed by atoms with Crippen LogP contribution in [-0.2, 0) is 4.79 Å². The van der Waals surface area contributed by atoms with Crippen LogP contribution in [0.2, 0.25) is 0 Å². The lowest BCUT2D eigenvalue weighted by Crippen LogP contribution is -2.12. The van der Waals surface area contributed by atoms with Crippen molar-refractivity contribution in [2.75, 3.05) is 5.32 Å². The maximum atomic E-state index is 12.1. The monoisotopic (exact) mass is 382 g/mol. The molecule has 138 valence electrons. The highest BCUT2D eigenvalue weighted by Crippen LogP contribution is 2.28. The fourth-order valence-electron chi connectivity index (χ4n) is 2.87. The first kappa shape index (κ1) is 18.6. The van der Waals surface area contributed by atoms with E-state index in [1.807, 2.05) is 23.6 Å². The van der Waals surface area contributed by atoms with Gasteiger partial charge in [0.25, 0.3) is 5.91 Å². The first-order chi connectivity index (χ1) is 13.0. The SMILES string of the molecule is O=C(Nc1nc(-c2ccc3ccccc3c2)cs1)C1=CCCC1.O=C(O)O. The predicted molar refractivity (Wildman–Crippen MR) is 106 cm³/mol. The molecule has 0 atom stereocenters. The molecule has 1 aliphatic carbocycles. The third-order valence-electron chi connectivity index (χ3n) is 4.10. The van der Waals surface area contributed by atoms with Crippen molar-refractivity contribution < 1.29 is 19.8 Å². The van der Waals surface area contributed by atoms with E-state index < -0.39 is 6.16 Å². The van der Waals surface area contributed by atoms with E-state index in [1.54, 1.807) is 0 Å². The fraction of sp³-hybridized carbons (Fsp3) is 0.150. The van der Waals surface area contributed by atoms with Gasteiger partial charge in [0.05, 0.1) is 5.69 Å². The summed E-state index contributed by atoms with van der Waals surface area (Å²) >= 11 is 1.47. The lowest BCUT2D eigenvalue weighted by atomic mass is 10.1. The zero-order valence-electron chi connectivity index (χ0n) is 14.4. The van der Waals surface area contributed by atoms with Gasteiger partial charge in [-0.15, -0.1) is 11.3 Å². The molecule has 0 bridgehead atoms. The Morgan fingerprint density at radius 1 is 1.07 bits per heavy atom. The van der Waals surface area contributed by atoms with Crippen LogP contribution in [0.4, 0.5) is 9.93 Å². The second-order valence-corrected chi connectivity index (χ2v) is 6.82. The molecule has 1 heterocycles. The number of thiazole rings is 1. The van der Waals surface area contributed by atoms with Crippen LogP contribution in [0, 0.1) is 0 Å². The summed E-state index contributed by atoms with van der Waals surface area (Å²) in [6.45, 7) is 0. The summed E-state index contributed by atoms with van der Waals surface area (Å²) in [7, 11) is 0. The van der Waals surface area contributed by atoms with Crippen LogP contribution in [0.25, 0.3) is 22.0 Å². The number of carbonyl (C=O) groups is 2. The van der Waals surface area contributed by atoms with Crippen LogP contribution in [-0.4, -0.2) is 27.3 Å². The molecule has 6 nitrogen and oxygen atoms in total. The summed E-state index contributed by atoms with van der Waals surface area (Å²) in [5, 5.41) is 21.9. The van der Waals surface area contributed by atoms with Crippen LogP contribution < -0.4 is 5.32 Å². The molecule has 2 aromatic carbocycles. The van der Waals surface area contributed by atoms with Gasteiger partial charge in [0, 0.05) is 16.5 Å². The predicted octanol–water partition coefficient (Wildman–Crippen LogP) is 5.23. The van der Waals surface area contributed by atoms with Gasteiger partial charge in [-0.25, -0.2) is 9.78 Å². The molecule has 3 N–H and O–H groups in total. The highest BCUT2D eigenvalue weighted by atomic mass is 32.1. The van der Waals surface area contributed by atoms with Crippen molar-refractivity contribution in [1.29, 1.82) is 0 Å². The Balaban J connectivity index is 0.000000481. The fourth-order valence-corrected chi connectivity index (χ4v) is 3.58. The van der Waals surface area contributed by atoms with E-state index >= 15 is 0 Å². The van der Waals surface area contributed by atoms with Crippen molar-refractivity contribution in [2.24, 2.45) is 0 Å². The molecule has 7 heteroatoms. The second-order valence-electron chi connectivity index (χ2n) is 5.96. The first-order valence-electron chi connectivity index (χ1n) is 8.40. The molecule has 0 aliphatic heterocycles. The Labute approximate surface area is 159 Å². The van der Waals surface area contributed by atoms with Gasteiger partial charge in [0.15, 0.2) is 5.13 Å². The number of allylic oxidation sites excluding steroid dienone is 1. The Morgan fingerprint density at radius 3 is 2.52 bits per heavy atom. The van der Waals surface area contributed by atoms with Gasteiger partial charge in [0.2, 0.25) is 0 Å². The molecular formula is C20H18N2O4S. The van der Waals surface area contributed by atoms with Gasteiger partial charge in [-0.1, -0.05) is 42.5 Å². The summed E-state index contributed by atoms with van der Waals surface area (Å²) in [4.78, 5) is 25.2. The molecule has 1 aliphatic rings. The third-order valence-corrected chi connectivity index (χ3v) is 4.86. The van der Waals surface area contributed by atoms with Crippen LogP contribution in [0.15, 0.2) is 59.5 Å². The number of amides is 1. The third kappa shape index (κ3) is 4.92. The van der Waals surface area contributed by atoms with E-state index in [9.17, 15) is 4.79 Å². The van der Waals surface area contributed by atoms with Crippen molar-refractivity contribution in [3.05, 3.63) is 59.5 Å². The molecule has 0 fully saturated rings. The molecule has 0 spiro atoms. The number of benzene rings is 2. The highest BCUT2D eigenvalue weighted by molar-refractivity contribution is 7.14. The van der Waals surface area contributed by atoms with Gasteiger partial charge >= 0.3 is 6.16 Å². The van der Waals surface area contributed by atoms with Crippen molar-refractivity contribution in [1.82, 2.24) is 4.98 Å². The molecule has 1 aromatic heterocycles. The molecular weight excluding hydrogens is 364 g/mol. The van der Waals surface area contributed by atoms with E-state index in [0.717, 1.165) is 36.1 Å². The molecule has 0 unspecified atom stereocenters. The maximum Gasteiger partial charge on any atom is 0.503 e. The number of nitrogens with zero attached hydrogens (tertiary/aromatic N) is 1. The van der Waals surface area contributed by atoms with Gasteiger partial charge in [-0.05, 0) is 36.1 Å². The quantitative estimate of drug-likeness (QED) is 0.576. The minimum atomic E-state index is -1.83. The molecule has 0 saturated carbocycles. The summed E-state index contributed by atoms with van der Waals surface area (Å²) < 4.78 is 0. The largest absolute Gasteiger partial charge is 0.503 e. The Hall–Kier alpha value is -3.19. The molecule has 3 aromatic rings. The first-order valence-corrected chi connectivity index (χ1v) is 9.28. The smallest absolute Gasteiger partial charge is 0.450 e. The van der Waals surface area contributed by atoms with Crippen LogP contribution in [0.1, 0.15) is 19.3 Å². The van der Waals surface area contributed by atoms with Gasteiger partial charge < -0.3 is 10.2 Å². The lowest BCUT2D eigenvalue weighted by molar-refractivity contribution is -0.112. The van der Waals surface area contributed by atoms with Gasteiger partial charge in [-0.2, -0.15) is 0 Å². The zero-order chi connectivity index (χ0) is 19.2. The summed E-state index contributed by atoms with van der Waals surface area (Å²) in [5.74, 6) is -0.0121. The minimum Gasteiger partial charge on any atom is -0.450 e. The number of carbonyl (C=O) groups excluding carboxylic acids is 1. The summed E-state index contributed by atoms with van der Waals surface area (Å²) in [6, 6.07) is 14.6. The number of fused-ring (bicyclic) bond motifs is 1. The number of hydrogen-bond acceptors (Lipinski definition) is 4. The Morgan fingerprint density at radius 2 is 1.81 bits per heavy atom. The number of nitrogens with one attached hydrogen (secondary N) is 1. The number of rotatable bonds is 3. The van der Waals surface area contributed by atoms with E-state index in [4.69, 9.17) is 15.0 Å². The van der Waals surface area contributed by atoms with Gasteiger partial charge in [0.1, 0.15) is 0 Å².